The molecule has 2 amide bonds. The van der Waals surface area contributed by atoms with Crippen molar-refractivity contribution in [2.75, 3.05) is 19.0 Å². The lowest BCUT2D eigenvalue weighted by Gasteiger charge is -2.06. The number of ether oxygens (including phenoxy) is 2. The summed E-state index contributed by atoms with van der Waals surface area (Å²) in [4.78, 5) is 23.6. The Kier molecular flexibility index (Phi) is 6.99. The number of anilines is 1. The van der Waals surface area contributed by atoms with E-state index in [4.69, 9.17) is 21.1 Å². The van der Waals surface area contributed by atoms with Crippen molar-refractivity contribution in [2.45, 2.75) is 6.92 Å². The Hall–Kier alpha value is -3.06. The van der Waals surface area contributed by atoms with Crippen molar-refractivity contribution in [2.24, 2.45) is 5.10 Å². The summed E-state index contributed by atoms with van der Waals surface area (Å²) in [5.74, 6) is -0.522. The van der Waals surface area contributed by atoms with Gasteiger partial charge in [0.15, 0.2) is 0 Å². The van der Waals surface area contributed by atoms with Crippen LogP contribution in [0.5, 0.6) is 11.5 Å². The molecule has 0 aliphatic heterocycles. The van der Waals surface area contributed by atoms with Gasteiger partial charge in [0.05, 0.1) is 25.0 Å². The van der Waals surface area contributed by atoms with Crippen LogP contribution >= 0.6 is 11.6 Å². The summed E-state index contributed by atoms with van der Waals surface area (Å²) in [7, 11) is 1.54. The van der Waals surface area contributed by atoms with Gasteiger partial charge in [-0.2, -0.15) is 5.10 Å². The molecule has 2 aromatic carbocycles. The maximum absolute atomic E-state index is 11.8. The van der Waals surface area contributed by atoms with Gasteiger partial charge in [0, 0.05) is 5.69 Å². The summed E-state index contributed by atoms with van der Waals surface area (Å²) < 4.78 is 10.3. The van der Waals surface area contributed by atoms with Gasteiger partial charge in [-0.3, -0.25) is 9.59 Å². The van der Waals surface area contributed by atoms with Gasteiger partial charge in [-0.05, 0) is 55.0 Å². The molecule has 0 aliphatic rings. The van der Waals surface area contributed by atoms with E-state index in [0.717, 1.165) is 0 Å². The molecule has 0 radical (unpaired) electrons. The Balaban J connectivity index is 1.89. The fourth-order valence-electron chi connectivity index (χ4n) is 1.95. The number of carbonyl (C=O) groups is 2. The van der Waals surface area contributed by atoms with Gasteiger partial charge in [0.1, 0.15) is 11.5 Å². The van der Waals surface area contributed by atoms with Crippen molar-refractivity contribution in [3.05, 3.63) is 53.1 Å². The van der Waals surface area contributed by atoms with Gasteiger partial charge in [0.25, 0.3) is 0 Å². The van der Waals surface area contributed by atoms with Crippen LogP contribution in [0.4, 0.5) is 5.69 Å². The zero-order valence-corrected chi connectivity index (χ0v) is 15.0. The first-order chi connectivity index (χ1) is 12.5. The Bertz CT molecular complexity index is 807. The quantitative estimate of drug-likeness (QED) is 0.461. The van der Waals surface area contributed by atoms with E-state index in [1.54, 1.807) is 42.5 Å². The van der Waals surface area contributed by atoms with E-state index in [1.807, 2.05) is 6.92 Å². The number of hydrazone groups is 1. The highest BCUT2D eigenvalue weighted by Crippen LogP contribution is 2.24. The molecule has 0 atom stereocenters. The zero-order chi connectivity index (χ0) is 18.9. The number of hydrogen-bond acceptors (Lipinski definition) is 5. The summed E-state index contributed by atoms with van der Waals surface area (Å²) in [6.45, 7) is 2.37. The molecule has 0 aromatic heterocycles. The minimum Gasteiger partial charge on any atom is -0.497 e. The molecule has 0 fully saturated rings. The molecule has 136 valence electrons. The molecule has 26 heavy (non-hydrogen) atoms. The van der Waals surface area contributed by atoms with Gasteiger partial charge < -0.3 is 14.8 Å². The number of nitrogens with one attached hydrogen (secondary N) is 2. The van der Waals surface area contributed by atoms with E-state index in [2.05, 4.69) is 15.8 Å². The van der Waals surface area contributed by atoms with Crippen molar-refractivity contribution < 1.29 is 19.1 Å². The van der Waals surface area contributed by atoms with Crippen LogP contribution in [0.1, 0.15) is 12.5 Å². The number of rotatable bonds is 6. The van der Waals surface area contributed by atoms with Crippen LogP contribution < -0.4 is 20.2 Å². The largest absolute Gasteiger partial charge is 0.497 e. The average molecular weight is 376 g/mol. The summed E-state index contributed by atoms with van der Waals surface area (Å²) in [5.41, 5.74) is 3.27. The fourth-order valence-corrected chi connectivity index (χ4v) is 2.19. The smallest absolute Gasteiger partial charge is 0.329 e. The lowest BCUT2D eigenvalue weighted by atomic mass is 10.2. The molecule has 0 unspecified atom stereocenters. The number of halogens is 1. The molecule has 0 bridgehead atoms. The molecule has 2 aromatic rings. The lowest BCUT2D eigenvalue weighted by molar-refractivity contribution is -0.136. The lowest BCUT2D eigenvalue weighted by Crippen LogP contribution is -2.32. The first-order valence-electron chi connectivity index (χ1n) is 7.74. The number of methoxy groups -OCH3 is 1. The molecular weight excluding hydrogens is 358 g/mol. The third-order valence-electron chi connectivity index (χ3n) is 3.19. The van der Waals surface area contributed by atoms with Gasteiger partial charge in [-0.15, -0.1) is 0 Å². The standard InChI is InChI=1S/C18H18ClN3O4/c1-3-26-16-9-4-12(10-15(16)19)11-20-22-18(24)17(23)21-13-5-7-14(25-2)8-6-13/h4-11H,3H2,1-2H3,(H,21,23)(H,22,24)/b20-11-. The van der Waals surface area contributed by atoms with E-state index in [9.17, 15) is 9.59 Å². The molecule has 2 N–H and O–H groups in total. The SMILES string of the molecule is CCOc1ccc(/C=N\NC(=O)C(=O)Nc2ccc(OC)cc2)cc1Cl. The van der Waals surface area contributed by atoms with Gasteiger partial charge in [-0.1, -0.05) is 11.6 Å². The minimum absolute atomic E-state index is 0.430. The van der Waals surface area contributed by atoms with E-state index < -0.39 is 11.8 Å². The minimum atomic E-state index is -0.894. The number of hydrogen-bond donors (Lipinski definition) is 2. The normalized spacial score (nSPS) is 10.4. The van der Waals surface area contributed by atoms with E-state index in [0.29, 0.717) is 34.4 Å². The highest BCUT2D eigenvalue weighted by atomic mass is 35.5. The molecule has 8 heteroatoms. The van der Waals surface area contributed by atoms with Gasteiger partial charge >= 0.3 is 11.8 Å². The zero-order valence-electron chi connectivity index (χ0n) is 14.3. The number of carbonyl (C=O) groups excluding carboxylic acids is 2. The van der Waals surface area contributed by atoms with Crippen LogP contribution in [0.25, 0.3) is 0 Å². The summed E-state index contributed by atoms with van der Waals surface area (Å²) >= 11 is 6.06. The molecule has 7 nitrogen and oxygen atoms in total. The highest BCUT2D eigenvalue weighted by Gasteiger charge is 2.12. The number of nitrogens with zero attached hydrogens (tertiary/aromatic N) is 1. The Morgan fingerprint density at radius 2 is 1.88 bits per heavy atom. The van der Waals surface area contributed by atoms with Crippen LogP contribution in [0.2, 0.25) is 5.02 Å². The average Bonchev–Trinajstić information content (AvgIpc) is 2.64. The molecule has 2 rings (SSSR count). The van der Waals surface area contributed by atoms with Crippen molar-refractivity contribution in [1.82, 2.24) is 5.43 Å². The molecular formula is C18H18ClN3O4. The van der Waals surface area contributed by atoms with E-state index >= 15 is 0 Å². The molecule has 0 heterocycles. The summed E-state index contributed by atoms with van der Waals surface area (Å²) in [6.07, 6.45) is 1.38. The highest BCUT2D eigenvalue weighted by molar-refractivity contribution is 6.39. The predicted octanol–water partition coefficient (Wildman–Crippen LogP) is 2.84. The maximum atomic E-state index is 11.8. The molecule has 0 spiro atoms. The number of benzene rings is 2. The molecule has 0 aliphatic carbocycles. The predicted molar refractivity (Wildman–Crippen MR) is 100.0 cm³/mol. The van der Waals surface area contributed by atoms with Crippen LogP contribution in [0.3, 0.4) is 0 Å². The van der Waals surface area contributed by atoms with Crippen LogP contribution in [-0.2, 0) is 9.59 Å². The van der Waals surface area contributed by atoms with Crippen molar-refractivity contribution in [1.29, 1.82) is 0 Å². The molecule has 0 saturated carbocycles. The van der Waals surface area contributed by atoms with Crippen molar-refractivity contribution >= 4 is 35.3 Å². The summed E-state index contributed by atoms with van der Waals surface area (Å²) in [6, 6.07) is 11.6. The monoisotopic (exact) mass is 375 g/mol. The second kappa shape index (κ2) is 9.43. The third-order valence-corrected chi connectivity index (χ3v) is 3.48. The van der Waals surface area contributed by atoms with E-state index in [1.165, 1.54) is 13.3 Å². The summed E-state index contributed by atoms with van der Waals surface area (Å²) in [5, 5.41) is 6.63. The Morgan fingerprint density at radius 1 is 1.15 bits per heavy atom. The maximum Gasteiger partial charge on any atom is 0.329 e. The van der Waals surface area contributed by atoms with E-state index in [-0.39, 0.29) is 0 Å². The van der Waals surface area contributed by atoms with Crippen LogP contribution in [0.15, 0.2) is 47.6 Å². The third kappa shape index (κ3) is 5.49. The second-order valence-electron chi connectivity index (χ2n) is 5.00. The number of amides is 2. The van der Waals surface area contributed by atoms with Crippen LogP contribution in [0, 0.1) is 0 Å². The van der Waals surface area contributed by atoms with Crippen molar-refractivity contribution in [3.63, 3.8) is 0 Å². The molecule has 0 saturated heterocycles. The Labute approximate surface area is 155 Å². The Morgan fingerprint density at radius 3 is 2.50 bits per heavy atom. The fraction of sp³-hybridized carbons (Fsp3) is 0.167. The topological polar surface area (TPSA) is 89.0 Å². The second-order valence-corrected chi connectivity index (χ2v) is 5.41. The van der Waals surface area contributed by atoms with Gasteiger partial charge in [-0.25, -0.2) is 5.43 Å². The van der Waals surface area contributed by atoms with Crippen molar-refractivity contribution in [3.8, 4) is 11.5 Å². The van der Waals surface area contributed by atoms with Crippen LogP contribution in [-0.4, -0.2) is 31.7 Å². The van der Waals surface area contributed by atoms with Gasteiger partial charge in [0.2, 0.25) is 0 Å². The first kappa shape index (κ1) is 19.3. The first-order valence-corrected chi connectivity index (χ1v) is 8.12.